The number of thiocarbonyl (C=S) groups is 1. The van der Waals surface area contributed by atoms with Gasteiger partial charge >= 0.3 is 0 Å². The van der Waals surface area contributed by atoms with Gasteiger partial charge in [-0.15, -0.1) is 0 Å². The molecule has 0 heterocycles. The van der Waals surface area contributed by atoms with Crippen molar-refractivity contribution in [1.29, 1.82) is 0 Å². The topological polar surface area (TPSA) is 35.2 Å². The molecule has 3 heteroatoms. The zero-order valence-electron chi connectivity index (χ0n) is 9.63. The summed E-state index contributed by atoms with van der Waals surface area (Å²) >= 11 is 4.88. The third kappa shape index (κ3) is 2.93. The van der Waals surface area contributed by atoms with Crippen LogP contribution in [0.15, 0.2) is 12.1 Å². The molecule has 1 aromatic rings. The van der Waals surface area contributed by atoms with Crippen LogP contribution in [0.5, 0.6) is 5.75 Å². The molecule has 0 aliphatic heterocycles. The fourth-order valence-electron chi connectivity index (χ4n) is 1.37. The van der Waals surface area contributed by atoms with Crippen LogP contribution in [-0.2, 0) is 0 Å². The minimum absolute atomic E-state index is 0.222. The molecule has 1 aromatic carbocycles. The lowest BCUT2D eigenvalue weighted by Crippen LogP contribution is -2.29. The van der Waals surface area contributed by atoms with Crippen LogP contribution in [0.3, 0.4) is 0 Å². The zero-order chi connectivity index (χ0) is 11.6. The Bertz CT molecular complexity index is 387. The van der Waals surface area contributed by atoms with Crippen molar-refractivity contribution in [2.45, 2.75) is 33.8 Å². The van der Waals surface area contributed by atoms with Gasteiger partial charge in [0.15, 0.2) is 0 Å². The SMILES string of the molecule is Cc1cc(C)c(C)c(OC(C)C(N)=S)c1. The maximum atomic E-state index is 5.70. The Morgan fingerprint density at radius 1 is 1.33 bits per heavy atom. The number of nitrogens with two attached hydrogens (primary N) is 1. The maximum absolute atomic E-state index is 5.70. The highest BCUT2D eigenvalue weighted by Gasteiger charge is 2.10. The Morgan fingerprint density at radius 2 is 1.93 bits per heavy atom. The van der Waals surface area contributed by atoms with E-state index in [4.69, 9.17) is 22.7 Å². The second kappa shape index (κ2) is 4.62. The van der Waals surface area contributed by atoms with Crippen LogP contribution in [0.1, 0.15) is 23.6 Å². The summed E-state index contributed by atoms with van der Waals surface area (Å²) in [6.45, 7) is 8.02. The average Bonchev–Trinajstić information content (AvgIpc) is 2.13. The highest BCUT2D eigenvalue weighted by Crippen LogP contribution is 2.24. The van der Waals surface area contributed by atoms with Crippen LogP contribution in [0.2, 0.25) is 0 Å². The molecule has 0 aromatic heterocycles. The Morgan fingerprint density at radius 3 is 2.47 bits per heavy atom. The zero-order valence-corrected chi connectivity index (χ0v) is 10.4. The Hall–Kier alpha value is -1.09. The van der Waals surface area contributed by atoms with Crippen molar-refractivity contribution in [2.75, 3.05) is 0 Å². The van der Waals surface area contributed by atoms with Crippen molar-refractivity contribution < 1.29 is 4.74 Å². The van der Waals surface area contributed by atoms with Gasteiger partial charge in [0, 0.05) is 0 Å². The molecule has 0 aliphatic rings. The van der Waals surface area contributed by atoms with E-state index in [1.54, 1.807) is 0 Å². The first-order chi connectivity index (χ1) is 6.91. The van der Waals surface area contributed by atoms with Gasteiger partial charge in [-0.25, -0.2) is 0 Å². The van der Waals surface area contributed by atoms with Crippen LogP contribution >= 0.6 is 12.2 Å². The summed E-state index contributed by atoms with van der Waals surface area (Å²) < 4.78 is 5.70. The third-order valence-electron chi connectivity index (χ3n) is 2.47. The molecule has 0 bridgehead atoms. The van der Waals surface area contributed by atoms with Gasteiger partial charge in [-0.1, -0.05) is 18.3 Å². The van der Waals surface area contributed by atoms with Gasteiger partial charge in [0.1, 0.15) is 16.8 Å². The summed E-state index contributed by atoms with van der Waals surface area (Å²) in [6, 6.07) is 4.14. The lowest BCUT2D eigenvalue weighted by molar-refractivity contribution is 0.286. The molecule has 1 rings (SSSR count). The summed E-state index contributed by atoms with van der Waals surface area (Å²) in [5.74, 6) is 0.868. The van der Waals surface area contributed by atoms with Gasteiger partial charge in [0.2, 0.25) is 0 Å². The highest BCUT2D eigenvalue weighted by molar-refractivity contribution is 7.80. The van der Waals surface area contributed by atoms with E-state index in [9.17, 15) is 0 Å². The van der Waals surface area contributed by atoms with Crippen molar-refractivity contribution in [2.24, 2.45) is 5.73 Å². The van der Waals surface area contributed by atoms with Crippen molar-refractivity contribution in [1.82, 2.24) is 0 Å². The predicted molar refractivity (Wildman–Crippen MR) is 67.5 cm³/mol. The number of benzene rings is 1. The largest absolute Gasteiger partial charge is 0.483 e. The van der Waals surface area contributed by atoms with E-state index in [0.29, 0.717) is 4.99 Å². The molecule has 0 spiro atoms. The quantitative estimate of drug-likeness (QED) is 0.800. The second-order valence-corrected chi connectivity index (χ2v) is 4.34. The molecule has 15 heavy (non-hydrogen) atoms. The summed E-state index contributed by atoms with van der Waals surface area (Å²) in [5.41, 5.74) is 9.06. The number of rotatable bonds is 3. The van der Waals surface area contributed by atoms with E-state index >= 15 is 0 Å². The highest BCUT2D eigenvalue weighted by atomic mass is 32.1. The predicted octanol–water partition coefficient (Wildman–Crippen LogP) is 2.67. The molecule has 0 aliphatic carbocycles. The molecule has 1 atom stereocenters. The van der Waals surface area contributed by atoms with E-state index in [0.717, 1.165) is 11.3 Å². The van der Waals surface area contributed by atoms with Crippen LogP contribution in [0, 0.1) is 20.8 Å². The number of hydrogen-bond donors (Lipinski definition) is 1. The monoisotopic (exact) mass is 223 g/mol. The standard InChI is InChI=1S/C12H17NOS/c1-7-5-8(2)9(3)11(6-7)14-10(4)12(13)15/h5-6,10H,1-4H3,(H2,13,15). The van der Waals surface area contributed by atoms with Crippen LogP contribution in [-0.4, -0.2) is 11.1 Å². The third-order valence-corrected chi connectivity index (χ3v) is 2.80. The smallest absolute Gasteiger partial charge is 0.145 e. The molecule has 0 fully saturated rings. The average molecular weight is 223 g/mol. The van der Waals surface area contributed by atoms with Crippen molar-refractivity contribution in [3.05, 3.63) is 28.8 Å². The van der Waals surface area contributed by atoms with E-state index in [1.807, 2.05) is 26.8 Å². The lowest BCUT2D eigenvalue weighted by Gasteiger charge is -2.17. The summed E-state index contributed by atoms with van der Waals surface area (Å²) in [4.78, 5) is 0.383. The molecule has 0 saturated carbocycles. The van der Waals surface area contributed by atoms with Crippen LogP contribution in [0.4, 0.5) is 0 Å². The van der Waals surface area contributed by atoms with Crippen LogP contribution < -0.4 is 10.5 Å². The minimum atomic E-state index is -0.222. The number of ether oxygens (including phenoxy) is 1. The molecule has 0 radical (unpaired) electrons. The van der Waals surface area contributed by atoms with Gasteiger partial charge in [-0.3, -0.25) is 0 Å². The first-order valence-electron chi connectivity index (χ1n) is 4.95. The first-order valence-corrected chi connectivity index (χ1v) is 5.36. The van der Waals surface area contributed by atoms with Gasteiger partial charge in [-0.2, -0.15) is 0 Å². The maximum Gasteiger partial charge on any atom is 0.145 e. The Balaban J connectivity index is 2.99. The molecular weight excluding hydrogens is 206 g/mol. The number of aryl methyl sites for hydroxylation is 2. The molecule has 2 nitrogen and oxygen atoms in total. The van der Waals surface area contributed by atoms with Crippen molar-refractivity contribution in [3.63, 3.8) is 0 Å². The normalized spacial score (nSPS) is 12.3. The molecule has 2 N–H and O–H groups in total. The molecular formula is C12H17NOS. The van der Waals surface area contributed by atoms with Crippen molar-refractivity contribution in [3.8, 4) is 5.75 Å². The Kier molecular flexibility index (Phi) is 3.69. The van der Waals surface area contributed by atoms with Gasteiger partial charge in [-0.05, 0) is 50.5 Å². The molecule has 1 unspecified atom stereocenters. The lowest BCUT2D eigenvalue weighted by atomic mass is 10.1. The summed E-state index contributed by atoms with van der Waals surface area (Å²) in [7, 11) is 0. The fourth-order valence-corrected chi connectivity index (χ4v) is 1.42. The summed E-state index contributed by atoms with van der Waals surface area (Å²) in [5, 5.41) is 0. The second-order valence-electron chi connectivity index (χ2n) is 3.87. The van der Waals surface area contributed by atoms with Gasteiger partial charge < -0.3 is 10.5 Å². The fraction of sp³-hybridized carbons (Fsp3) is 0.417. The number of hydrogen-bond acceptors (Lipinski definition) is 2. The molecule has 82 valence electrons. The van der Waals surface area contributed by atoms with E-state index < -0.39 is 0 Å². The van der Waals surface area contributed by atoms with Gasteiger partial charge in [0.05, 0.1) is 0 Å². The Labute approximate surface area is 96.4 Å². The van der Waals surface area contributed by atoms with Crippen LogP contribution in [0.25, 0.3) is 0 Å². The molecule has 0 saturated heterocycles. The van der Waals surface area contributed by atoms with Crippen molar-refractivity contribution >= 4 is 17.2 Å². The molecule has 0 amide bonds. The first kappa shape index (κ1) is 12.0. The van der Waals surface area contributed by atoms with E-state index in [2.05, 4.69) is 13.0 Å². The minimum Gasteiger partial charge on any atom is -0.483 e. The van der Waals surface area contributed by atoms with E-state index in [-0.39, 0.29) is 6.10 Å². The van der Waals surface area contributed by atoms with E-state index in [1.165, 1.54) is 11.1 Å². The summed E-state index contributed by atoms with van der Waals surface area (Å²) in [6.07, 6.45) is -0.222. The van der Waals surface area contributed by atoms with Gasteiger partial charge in [0.25, 0.3) is 0 Å².